The first-order valence-electron chi connectivity index (χ1n) is 7.63. The van der Waals surface area contributed by atoms with Gasteiger partial charge in [-0.1, -0.05) is 0 Å². The summed E-state index contributed by atoms with van der Waals surface area (Å²) in [6.45, 7) is 6.47. The van der Waals surface area contributed by atoms with Crippen molar-refractivity contribution in [2.24, 2.45) is 0 Å². The zero-order chi connectivity index (χ0) is 15.5. The number of hydrogen-bond acceptors (Lipinski definition) is 0. The molecule has 124 valence electrons. The Morgan fingerprint density at radius 2 is 0.625 bits per heavy atom. The van der Waals surface area contributed by atoms with E-state index in [1.807, 2.05) is 0 Å². The largest absolute Gasteiger partial charge is 1.00 e. The van der Waals surface area contributed by atoms with Gasteiger partial charge in [-0.3, -0.25) is 0 Å². The Morgan fingerprint density at radius 3 is 0.833 bits per heavy atom. The van der Waals surface area contributed by atoms with Crippen molar-refractivity contribution in [3.05, 3.63) is 89.5 Å². The second-order valence-electron chi connectivity index (χ2n) is 5.84. The Kier molecular flexibility index (Phi) is 8.44. The van der Waals surface area contributed by atoms with E-state index in [9.17, 15) is 0 Å². The predicted octanol–water partition coefficient (Wildman–Crippen LogP) is -2.86. The third kappa shape index (κ3) is 5.06. The van der Waals surface area contributed by atoms with E-state index < -0.39 is 21.8 Å². The molecule has 0 nitrogen and oxygen atoms in total. The van der Waals surface area contributed by atoms with Crippen molar-refractivity contribution >= 4 is 31.6 Å². The average Bonchev–Trinajstić information content (AvgIpc) is 2.53. The summed E-state index contributed by atoms with van der Waals surface area (Å²) in [5, 5.41) is 0. The van der Waals surface area contributed by atoms with Gasteiger partial charge in [-0.25, -0.2) is 0 Å². The van der Waals surface area contributed by atoms with E-state index >= 15 is 0 Å². The van der Waals surface area contributed by atoms with Crippen molar-refractivity contribution in [1.82, 2.24) is 0 Å². The van der Waals surface area contributed by atoms with Gasteiger partial charge >= 0.3 is 142 Å². The van der Waals surface area contributed by atoms with Crippen LogP contribution in [0.5, 0.6) is 0 Å². The summed E-state index contributed by atoms with van der Waals surface area (Å²) < 4.78 is 4.65. The maximum absolute atomic E-state index is 2.34. The predicted molar refractivity (Wildman–Crippen MR) is 98.2 cm³/mol. The summed E-state index contributed by atoms with van der Waals surface area (Å²) in [4.78, 5) is 0. The zero-order valence-corrected chi connectivity index (χ0v) is 19.1. The van der Waals surface area contributed by atoms with Gasteiger partial charge in [-0.2, -0.15) is 0 Å². The topological polar surface area (TPSA) is 0 Å². The first kappa shape index (κ1) is 21.2. The van der Waals surface area contributed by atoms with Crippen LogP contribution in [0.4, 0.5) is 0 Å². The van der Waals surface area contributed by atoms with E-state index in [1.54, 1.807) is 9.81 Å². The number of benzene rings is 3. The minimum atomic E-state index is -2.15. The van der Waals surface area contributed by atoms with Crippen molar-refractivity contribution in [1.29, 1.82) is 0 Å². The molecule has 3 aromatic rings. The summed E-state index contributed by atoms with van der Waals surface area (Å²) in [5.74, 6) is 0. The summed E-state index contributed by atoms with van der Waals surface area (Å²) in [6, 6.07) is 27.5. The second kappa shape index (κ2) is 9.57. The molecule has 0 atom stereocenters. The molecule has 3 rings (SSSR count). The van der Waals surface area contributed by atoms with Crippen LogP contribution >= 0.6 is 0 Å². The van der Waals surface area contributed by atoms with Crippen LogP contribution in [0.1, 0.15) is 16.7 Å². The van der Waals surface area contributed by atoms with Gasteiger partial charge in [0.05, 0.1) is 0 Å². The molecule has 0 spiro atoms. The summed E-state index contributed by atoms with van der Waals surface area (Å²) in [7, 11) is 0. The first-order valence-corrected chi connectivity index (χ1v) is 12.9. The fraction of sp³-hybridized carbons (Fsp3) is 0.143. The normalized spacial score (nSPS) is 9.62. The molecule has 0 amide bonds. The van der Waals surface area contributed by atoms with Crippen LogP contribution in [0.15, 0.2) is 72.8 Å². The van der Waals surface area contributed by atoms with E-state index in [-0.39, 0.29) is 24.8 Å². The van der Waals surface area contributed by atoms with Gasteiger partial charge in [-0.15, -0.1) is 0 Å². The number of halogens is 2. The van der Waals surface area contributed by atoms with Gasteiger partial charge < -0.3 is 24.8 Å². The molecule has 0 radical (unpaired) electrons. The standard InChI is InChI=1S/3C7H7.Bi.2ClH/c3*1-7-5-3-2-4-6-7;;;/h3*3-6H,1H3;;2*1H/q;;;+2;;/p-2. The van der Waals surface area contributed by atoms with Crippen LogP contribution in [0.2, 0.25) is 0 Å². The minimum absolute atomic E-state index is 0. The van der Waals surface area contributed by atoms with E-state index in [0.29, 0.717) is 0 Å². The molecule has 0 saturated heterocycles. The van der Waals surface area contributed by atoms with Crippen molar-refractivity contribution in [3.8, 4) is 0 Å². The molecular formula is C21H21BiCl2. The van der Waals surface area contributed by atoms with E-state index in [4.69, 9.17) is 0 Å². The second-order valence-corrected chi connectivity index (χ2v) is 14.5. The van der Waals surface area contributed by atoms with Gasteiger partial charge in [0.2, 0.25) is 0 Å². The SMILES string of the molecule is Cc1cc[c]([Bi+2]([c]2ccc(C)cc2)[c]2ccc(C)cc2)cc1.[Cl-].[Cl-]. The smallest absolute Gasteiger partial charge is 1.00 e. The van der Waals surface area contributed by atoms with Crippen molar-refractivity contribution in [2.75, 3.05) is 0 Å². The molecule has 0 heterocycles. The van der Waals surface area contributed by atoms with Crippen LogP contribution < -0.4 is 34.6 Å². The van der Waals surface area contributed by atoms with Crippen LogP contribution in [0, 0.1) is 20.8 Å². The molecule has 0 aliphatic carbocycles. The van der Waals surface area contributed by atoms with Gasteiger partial charge in [0.1, 0.15) is 0 Å². The van der Waals surface area contributed by atoms with Crippen molar-refractivity contribution in [2.45, 2.75) is 20.8 Å². The maximum Gasteiger partial charge on any atom is -1.00 e. The molecule has 0 bridgehead atoms. The van der Waals surface area contributed by atoms with E-state index in [0.717, 1.165) is 0 Å². The molecule has 0 aromatic heterocycles. The molecule has 3 heteroatoms. The Morgan fingerprint density at radius 1 is 0.417 bits per heavy atom. The van der Waals surface area contributed by atoms with E-state index in [1.165, 1.54) is 16.7 Å². The maximum atomic E-state index is 2.34. The first-order chi connectivity index (χ1) is 10.6. The van der Waals surface area contributed by atoms with Crippen LogP contribution in [-0.4, -0.2) is 21.8 Å². The Bertz CT molecular complexity index is 639. The van der Waals surface area contributed by atoms with Crippen molar-refractivity contribution in [3.63, 3.8) is 0 Å². The number of hydrogen-bond donors (Lipinski definition) is 0. The van der Waals surface area contributed by atoms with Gasteiger partial charge in [0.15, 0.2) is 0 Å². The van der Waals surface area contributed by atoms with Crippen LogP contribution in [0.3, 0.4) is 0 Å². The number of rotatable bonds is 3. The molecule has 0 aliphatic heterocycles. The molecule has 0 N–H and O–H groups in total. The zero-order valence-electron chi connectivity index (χ0n) is 14.1. The fourth-order valence-corrected chi connectivity index (χ4v) is 11.2. The number of aryl methyl sites for hydroxylation is 3. The Labute approximate surface area is 165 Å². The van der Waals surface area contributed by atoms with E-state index in [2.05, 4.69) is 93.6 Å². The molecule has 24 heavy (non-hydrogen) atoms. The summed E-state index contributed by atoms with van der Waals surface area (Å²) >= 11 is -2.15. The monoisotopic (exact) mass is 552 g/mol. The van der Waals surface area contributed by atoms with Gasteiger partial charge in [0.25, 0.3) is 0 Å². The summed E-state index contributed by atoms with van der Waals surface area (Å²) in [5.41, 5.74) is 4.00. The fourth-order valence-electron chi connectivity index (χ4n) is 2.53. The molecule has 0 aliphatic rings. The quantitative estimate of drug-likeness (QED) is 0.307. The minimum Gasteiger partial charge on any atom is -1.00 e. The van der Waals surface area contributed by atoms with Gasteiger partial charge in [-0.05, 0) is 0 Å². The molecule has 0 saturated carbocycles. The molecule has 3 aromatic carbocycles. The van der Waals surface area contributed by atoms with Crippen LogP contribution in [-0.2, 0) is 0 Å². The third-order valence-electron chi connectivity index (χ3n) is 3.88. The van der Waals surface area contributed by atoms with Crippen molar-refractivity contribution < 1.29 is 24.8 Å². The summed E-state index contributed by atoms with van der Waals surface area (Å²) in [6.07, 6.45) is 0. The molecular weight excluding hydrogens is 532 g/mol. The third-order valence-corrected chi connectivity index (χ3v) is 13.4. The molecule has 0 unspecified atom stereocenters. The van der Waals surface area contributed by atoms with Crippen LogP contribution in [0.25, 0.3) is 0 Å². The average molecular weight is 553 g/mol. The Hall–Kier alpha value is -0.877. The van der Waals surface area contributed by atoms with Gasteiger partial charge in [0, 0.05) is 0 Å². The molecule has 0 fully saturated rings. The Balaban J connectivity index is 0.00000144.